The number of nitrogens with one attached hydrogen (secondary N) is 1. The summed E-state index contributed by atoms with van der Waals surface area (Å²) in [6.45, 7) is 7.17. The predicted octanol–water partition coefficient (Wildman–Crippen LogP) is 2.88. The zero-order valence-electron chi connectivity index (χ0n) is 12.9. The quantitative estimate of drug-likeness (QED) is 0.915. The van der Waals surface area contributed by atoms with Crippen molar-refractivity contribution in [2.45, 2.75) is 32.6 Å². The van der Waals surface area contributed by atoms with E-state index in [2.05, 4.69) is 31.3 Å². The van der Waals surface area contributed by atoms with Gasteiger partial charge in [-0.05, 0) is 56.0 Å². The van der Waals surface area contributed by atoms with Crippen LogP contribution in [0.1, 0.15) is 48.5 Å². The van der Waals surface area contributed by atoms with Crippen molar-refractivity contribution in [3.8, 4) is 0 Å². The molecular weight excluding hydrogens is 248 g/mol. The molecule has 1 heterocycles. The Hall–Kier alpha value is -1.35. The van der Waals surface area contributed by atoms with E-state index in [9.17, 15) is 4.79 Å². The summed E-state index contributed by atoms with van der Waals surface area (Å²) in [5.41, 5.74) is 2.11. The van der Waals surface area contributed by atoms with Gasteiger partial charge in [-0.15, -0.1) is 0 Å². The highest BCUT2D eigenvalue weighted by atomic mass is 16.2. The number of amides is 1. The second kappa shape index (κ2) is 6.89. The normalized spacial score (nSPS) is 16.7. The SMILES string of the molecule is CNCC1CCN(C(=O)c2ccc(C(C)C)cc2)CC1. The molecule has 1 aromatic carbocycles. The Balaban J connectivity index is 1.95. The fraction of sp³-hybridized carbons (Fsp3) is 0.588. The van der Waals surface area contributed by atoms with Crippen LogP contribution >= 0.6 is 0 Å². The topological polar surface area (TPSA) is 32.3 Å². The highest BCUT2D eigenvalue weighted by Crippen LogP contribution is 2.20. The number of hydrogen-bond donors (Lipinski definition) is 1. The van der Waals surface area contributed by atoms with Gasteiger partial charge in [0, 0.05) is 18.7 Å². The lowest BCUT2D eigenvalue weighted by Crippen LogP contribution is -2.40. The number of nitrogens with zero attached hydrogens (tertiary/aromatic N) is 1. The minimum Gasteiger partial charge on any atom is -0.339 e. The third-order valence-corrected chi connectivity index (χ3v) is 4.22. The van der Waals surface area contributed by atoms with Crippen LogP contribution in [-0.4, -0.2) is 37.5 Å². The number of carbonyl (C=O) groups excluding carboxylic acids is 1. The van der Waals surface area contributed by atoms with E-state index in [0.29, 0.717) is 11.8 Å². The third-order valence-electron chi connectivity index (χ3n) is 4.22. The lowest BCUT2D eigenvalue weighted by molar-refractivity contribution is 0.0691. The summed E-state index contributed by atoms with van der Waals surface area (Å²) in [6.07, 6.45) is 2.22. The summed E-state index contributed by atoms with van der Waals surface area (Å²) < 4.78 is 0. The van der Waals surface area contributed by atoms with E-state index in [1.54, 1.807) is 0 Å². The highest BCUT2D eigenvalue weighted by Gasteiger charge is 2.23. The summed E-state index contributed by atoms with van der Waals surface area (Å²) in [5, 5.41) is 3.23. The lowest BCUT2D eigenvalue weighted by atomic mass is 9.96. The van der Waals surface area contributed by atoms with Gasteiger partial charge < -0.3 is 10.2 Å². The molecule has 0 spiro atoms. The molecule has 20 heavy (non-hydrogen) atoms. The van der Waals surface area contributed by atoms with E-state index in [0.717, 1.165) is 38.0 Å². The molecule has 3 heteroatoms. The Morgan fingerprint density at radius 2 is 1.85 bits per heavy atom. The number of piperidine rings is 1. The zero-order valence-corrected chi connectivity index (χ0v) is 12.9. The van der Waals surface area contributed by atoms with Crippen LogP contribution in [0.5, 0.6) is 0 Å². The molecule has 0 atom stereocenters. The van der Waals surface area contributed by atoms with Gasteiger partial charge in [0.2, 0.25) is 0 Å². The summed E-state index contributed by atoms with van der Waals surface area (Å²) in [6, 6.07) is 8.09. The van der Waals surface area contributed by atoms with Crippen molar-refractivity contribution < 1.29 is 4.79 Å². The maximum atomic E-state index is 12.5. The van der Waals surface area contributed by atoms with Gasteiger partial charge in [-0.25, -0.2) is 0 Å². The second-order valence-electron chi connectivity index (χ2n) is 6.07. The summed E-state index contributed by atoms with van der Waals surface area (Å²) in [5.74, 6) is 1.41. The molecule has 0 unspecified atom stereocenters. The van der Waals surface area contributed by atoms with Crippen LogP contribution in [0.4, 0.5) is 0 Å². The van der Waals surface area contributed by atoms with Gasteiger partial charge in [-0.2, -0.15) is 0 Å². The third kappa shape index (κ3) is 3.60. The predicted molar refractivity (Wildman–Crippen MR) is 83.1 cm³/mol. The minimum absolute atomic E-state index is 0.184. The summed E-state index contributed by atoms with van der Waals surface area (Å²) in [4.78, 5) is 14.5. The molecule has 0 bridgehead atoms. The summed E-state index contributed by atoms with van der Waals surface area (Å²) >= 11 is 0. The monoisotopic (exact) mass is 274 g/mol. The number of likely N-dealkylation sites (tertiary alicyclic amines) is 1. The van der Waals surface area contributed by atoms with Crippen molar-refractivity contribution in [2.24, 2.45) is 5.92 Å². The fourth-order valence-corrected chi connectivity index (χ4v) is 2.82. The average Bonchev–Trinajstić information content (AvgIpc) is 2.48. The van der Waals surface area contributed by atoms with Crippen molar-refractivity contribution in [1.82, 2.24) is 10.2 Å². The molecule has 1 aliphatic rings. The number of rotatable bonds is 4. The molecule has 3 nitrogen and oxygen atoms in total. The van der Waals surface area contributed by atoms with Crippen molar-refractivity contribution in [3.05, 3.63) is 35.4 Å². The molecule has 1 amide bonds. The van der Waals surface area contributed by atoms with Crippen LogP contribution < -0.4 is 5.32 Å². The highest BCUT2D eigenvalue weighted by molar-refractivity contribution is 5.94. The van der Waals surface area contributed by atoms with Crippen LogP contribution in [0.3, 0.4) is 0 Å². The van der Waals surface area contributed by atoms with Gasteiger partial charge in [0.1, 0.15) is 0 Å². The van der Waals surface area contributed by atoms with E-state index in [1.165, 1.54) is 5.56 Å². The molecule has 110 valence electrons. The van der Waals surface area contributed by atoms with Crippen molar-refractivity contribution in [1.29, 1.82) is 0 Å². The van der Waals surface area contributed by atoms with E-state index >= 15 is 0 Å². The lowest BCUT2D eigenvalue weighted by Gasteiger charge is -2.32. The first-order valence-electron chi connectivity index (χ1n) is 7.65. The zero-order chi connectivity index (χ0) is 14.5. The van der Waals surface area contributed by atoms with E-state index in [1.807, 2.05) is 24.1 Å². The molecule has 2 rings (SSSR count). The van der Waals surface area contributed by atoms with Crippen molar-refractivity contribution in [3.63, 3.8) is 0 Å². The first-order chi connectivity index (χ1) is 9.61. The molecule has 1 aromatic rings. The van der Waals surface area contributed by atoms with Crippen LogP contribution in [0.15, 0.2) is 24.3 Å². The largest absolute Gasteiger partial charge is 0.339 e. The number of carbonyl (C=O) groups is 1. The van der Waals surface area contributed by atoms with Crippen LogP contribution in [0.25, 0.3) is 0 Å². The molecule has 0 aliphatic carbocycles. The van der Waals surface area contributed by atoms with Crippen molar-refractivity contribution in [2.75, 3.05) is 26.7 Å². The standard InChI is InChI=1S/C17H26N2O/c1-13(2)15-4-6-16(7-5-15)17(20)19-10-8-14(9-11-19)12-18-3/h4-7,13-14,18H,8-12H2,1-3H3. The van der Waals surface area contributed by atoms with E-state index < -0.39 is 0 Å². The van der Waals surface area contributed by atoms with Gasteiger partial charge in [0.15, 0.2) is 0 Å². The van der Waals surface area contributed by atoms with Gasteiger partial charge in [-0.1, -0.05) is 26.0 Å². The molecule has 0 saturated carbocycles. The summed E-state index contributed by atoms with van der Waals surface area (Å²) in [7, 11) is 1.99. The Bertz CT molecular complexity index is 431. The molecule has 0 aromatic heterocycles. The van der Waals surface area contributed by atoms with Crippen LogP contribution in [0, 0.1) is 5.92 Å². The van der Waals surface area contributed by atoms with E-state index in [4.69, 9.17) is 0 Å². The van der Waals surface area contributed by atoms with Gasteiger partial charge in [-0.3, -0.25) is 4.79 Å². The molecule has 1 aliphatic heterocycles. The molecular formula is C17H26N2O. The second-order valence-corrected chi connectivity index (χ2v) is 6.07. The molecule has 1 N–H and O–H groups in total. The van der Waals surface area contributed by atoms with Crippen LogP contribution in [-0.2, 0) is 0 Å². The number of hydrogen-bond acceptors (Lipinski definition) is 2. The fourth-order valence-electron chi connectivity index (χ4n) is 2.82. The average molecular weight is 274 g/mol. The molecule has 1 fully saturated rings. The molecule has 0 radical (unpaired) electrons. The maximum absolute atomic E-state index is 12.5. The van der Waals surface area contributed by atoms with Gasteiger partial charge >= 0.3 is 0 Å². The smallest absolute Gasteiger partial charge is 0.253 e. The van der Waals surface area contributed by atoms with Crippen LogP contribution in [0.2, 0.25) is 0 Å². The minimum atomic E-state index is 0.184. The number of benzene rings is 1. The van der Waals surface area contributed by atoms with Gasteiger partial charge in [0.25, 0.3) is 5.91 Å². The van der Waals surface area contributed by atoms with Crippen molar-refractivity contribution >= 4 is 5.91 Å². The Morgan fingerprint density at radius 3 is 2.35 bits per heavy atom. The Kier molecular flexibility index (Phi) is 5.18. The van der Waals surface area contributed by atoms with E-state index in [-0.39, 0.29) is 5.91 Å². The first-order valence-corrected chi connectivity index (χ1v) is 7.65. The Morgan fingerprint density at radius 1 is 1.25 bits per heavy atom. The Labute approximate surface area is 122 Å². The molecule has 1 saturated heterocycles. The first kappa shape index (κ1) is 15.0. The maximum Gasteiger partial charge on any atom is 0.253 e. The van der Waals surface area contributed by atoms with Gasteiger partial charge in [0.05, 0.1) is 0 Å².